The molecule has 6 nitrogen and oxygen atoms in total. The molecule has 1 aliphatic carbocycles. The molecule has 1 fully saturated rings. The quantitative estimate of drug-likeness (QED) is 0.676. The molecule has 20 heavy (non-hydrogen) atoms. The lowest BCUT2D eigenvalue weighted by Crippen LogP contribution is -2.31. The molecule has 0 aliphatic heterocycles. The molecule has 0 aromatic carbocycles. The minimum Gasteiger partial charge on any atom is -0.480 e. The molecule has 3 N–H and O–H groups in total. The maximum Gasteiger partial charge on any atom is 0.326 e. The van der Waals surface area contributed by atoms with Crippen molar-refractivity contribution in [2.24, 2.45) is 11.8 Å². The lowest BCUT2D eigenvalue weighted by molar-refractivity contribution is -0.138. The van der Waals surface area contributed by atoms with Crippen LogP contribution in [-0.4, -0.2) is 33.6 Å². The lowest BCUT2D eigenvalue weighted by atomic mass is 10.0. The van der Waals surface area contributed by atoms with Crippen molar-refractivity contribution < 1.29 is 9.90 Å². The molecule has 1 aliphatic rings. The number of nitrogens with one attached hydrogen (secondary N) is 2. The van der Waals surface area contributed by atoms with Crippen LogP contribution in [0.15, 0.2) is 12.4 Å². The Hall–Kier alpha value is -1.85. The monoisotopic (exact) mass is 278 g/mol. The Morgan fingerprint density at radius 2 is 2.10 bits per heavy atom. The van der Waals surface area contributed by atoms with E-state index in [1.54, 1.807) is 6.07 Å². The normalized spacial score (nSPS) is 15.9. The first-order valence-electron chi connectivity index (χ1n) is 7.10. The Bertz CT molecular complexity index is 460. The van der Waals surface area contributed by atoms with Crippen molar-refractivity contribution in [3.63, 3.8) is 0 Å². The number of hydrogen-bond donors (Lipinski definition) is 3. The second-order valence-corrected chi connectivity index (χ2v) is 5.78. The van der Waals surface area contributed by atoms with E-state index in [1.165, 1.54) is 19.2 Å². The van der Waals surface area contributed by atoms with Gasteiger partial charge in [-0.25, -0.2) is 14.8 Å². The third-order valence-electron chi connectivity index (χ3n) is 3.26. The molecule has 2 rings (SSSR count). The molecule has 1 aromatic rings. The van der Waals surface area contributed by atoms with Crippen LogP contribution in [0.3, 0.4) is 0 Å². The molecule has 0 saturated heterocycles. The van der Waals surface area contributed by atoms with Crippen LogP contribution in [0.25, 0.3) is 0 Å². The fourth-order valence-corrected chi connectivity index (χ4v) is 1.98. The summed E-state index contributed by atoms with van der Waals surface area (Å²) in [6.07, 6.45) is 4.56. The summed E-state index contributed by atoms with van der Waals surface area (Å²) in [6.45, 7) is 4.92. The van der Waals surface area contributed by atoms with E-state index in [9.17, 15) is 9.90 Å². The first-order chi connectivity index (χ1) is 9.54. The highest BCUT2D eigenvalue weighted by atomic mass is 16.4. The number of carboxylic acids is 1. The molecule has 1 atom stereocenters. The molecule has 1 saturated carbocycles. The van der Waals surface area contributed by atoms with E-state index in [2.05, 4.69) is 20.6 Å². The van der Waals surface area contributed by atoms with E-state index in [-0.39, 0.29) is 0 Å². The highest BCUT2D eigenvalue weighted by molar-refractivity contribution is 5.77. The van der Waals surface area contributed by atoms with Gasteiger partial charge in [-0.3, -0.25) is 0 Å². The minimum absolute atomic E-state index is 0.304. The van der Waals surface area contributed by atoms with Crippen molar-refractivity contribution >= 4 is 17.6 Å². The van der Waals surface area contributed by atoms with Crippen LogP contribution in [0, 0.1) is 11.8 Å². The van der Waals surface area contributed by atoms with E-state index in [1.807, 2.05) is 13.8 Å². The van der Waals surface area contributed by atoms with Crippen LogP contribution in [0.1, 0.15) is 33.1 Å². The van der Waals surface area contributed by atoms with Crippen molar-refractivity contribution in [3.8, 4) is 0 Å². The first kappa shape index (κ1) is 14.6. The molecule has 1 aromatic heterocycles. The van der Waals surface area contributed by atoms with Crippen LogP contribution in [0.5, 0.6) is 0 Å². The Kier molecular flexibility index (Phi) is 4.76. The molecular weight excluding hydrogens is 256 g/mol. The summed E-state index contributed by atoms with van der Waals surface area (Å²) in [6, 6.07) is 1.14. The van der Waals surface area contributed by atoms with E-state index in [0.717, 1.165) is 18.3 Å². The fraction of sp³-hybridized carbons (Fsp3) is 0.643. The topological polar surface area (TPSA) is 87.1 Å². The Morgan fingerprint density at radius 1 is 1.40 bits per heavy atom. The molecule has 0 spiro atoms. The van der Waals surface area contributed by atoms with Crippen molar-refractivity contribution in [2.45, 2.75) is 39.2 Å². The standard InChI is InChI=1S/C14H22N4O2/c1-9(2)5-11(14(19)20)18-13-6-12(16-8-17-13)15-7-10-3-4-10/h6,8-11H,3-5,7H2,1-2H3,(H,19,20)(H2,15,16,17,18). The van der Waals surface area contributed by atoms with Crippen LogP contribution >= 0.6 is 0 Å². The predicted octanol–water partition coefficient (Wildman–Crippen LogP) is 2.21. The maximum absolute atomic E-state index is 11.2. The number of nitrogens with zero attached hydrogens (tertiary/aromatic N) is 2. The lowest BCUT2D eigenvalue weighted by Gasteiger charge is -2.17. The van der Waals surface area contributed by atoms with Gasteiger partial charge in [0, 0.05) is 12.6 Å². The van der Waals surface area contributed by atoms with Gasteiger partial charge in [0.25, 0.3) is 0 Å². The van der Waals surface area contributed by atoms with Crippen LogP contribution in [0.2, 0.25) is 0 Å². The van der Waals surface area contributed by atoms with Gasteiger partial charge in [-0.2, -0.15) is 0 Å². The summed E-state index contributed by atoms with van der Waals surface area (Å²) in [5, 5.41) is 15.4. The van der Waals surface area contributed by atoms with Crippen molar-refractivity contribution in [2.75, 3.05) is 17.2 Å². The summed E-state index contributed by atoms with van der Waals surface area (Å²) < 4.78 is 0. The summed E-state index contributed by atoms with van der Waals surface area (Å²) in [7, 11) is 0. The zero-order valence-electron chi connectivity index (χ0n) is 12.0. The van der Waals surface area contributed by atoms with Crippen molar-refractivity contribution in [1.29, 1.82) is 0 Å². The Morgan fingerprint density at radius 3 is 2.70 bits per heavy atom. The molecular formula is C14H22N4O2. The number of carbonyl (C=O) groups is 1. The molecule has 0 amide bonds. The second-order valence-electron chi connectivity index (χ2n) is 5.78. The highest BCUT2D eigenvalue weighted by Crippen LogP contribution is 2.28. The number of rotatable bonds is 8. The number of carboxylic acid groups (broad SMARTS) is 1. The third-order valence-corrected chi connectivity index (χ3v) is 3.26. The van der Waals surface area contributed by atoms with Crippen molar-refractivity contribution in [1.82, 2.24) is 9.97 Å². The number of aliphatic carboxylic acids is 1. The highest BCUT2D eigenvalue weighted by Gasteiger charge is 2.21. The maximum atomic E-state index is 11.2. The van der Waals surface area contributed by atoms with Gasteiger partial charge in [0.1, 0.15) is 24.0 Å². The Balaban J connectivity index is 1.95. The molecule has 1 heterocycles. The van der Waals surface area contributed by atoms with Crippen molar-refractivity contribution in [3.05, 3.63) is 12.4 Å². The van der Waals surface area contributed by atoms with E-state index in [4.69, 9.17) is 0 Å². The SMILES string of the molecule is CC(C)CC(Nc1cc(NCC2CC2)ncn1)C(=O)O. The van der Waals surface area contributed by atoms with Gasteiger partial charge in [-0.15, -0.1) is 0 Å². The summed E-state index contributed by atoms with van der Waals surface area (Å²) in [5.41, 5.74) is 0. The summed E-state index contributed by atoms with van der Waals surface area (Å²) in [5.74, 6) is 1.49. The van der Waals surface area contributed by atoms with E-state index < -0.39 is 12.0 Å². The zero-order chi connectivity index (χ0) is 14.5. The average molecular weight is 278 g/mol. The summed E-state index contributed by atoms with van der Waals surface area (Å²) >= 11 is 0. The van der Waals surface area contributed by atoms with Crippen LogP contribution < -0.4 is 10.6 Å². The molecule has 0 bridgehead atoms. The molecule has 6 heteroatoms. The van der Waals surface area contributed by atoms with Crippen LogP contribution in [-0.2, 0) is 4.79 Å². The van der Waals surface area contributed by atoms with Crippen LogP contribution in [0.4, 0.5) is 11.6 Å². The molecule has 110 valence electrons. The zero-order valence-corrected chi connectivity index (χ0v) is 12.0. The molecule has 0 radical (unpaired) electrons. The van der Waals surface area contributed by atoms with E-state index >= 15 is 0 Å². The Labute approximate surface area is 119 Å². The smallest absolute Gasteiger partial charge is 0.326 e. The van der Waals surface area contributed by atoms with Gasteiger partial charge in [-0.05, 0) is 31.1 Å². The number of aromatic nitrogens is 2. The molecule has 1 unspecified atom stereocenters. The largest absolute Gasteiger partial charge is 0.480 e. The summed E-state index contributed by atoms with van der Waals surface area (Å²) in [4.78, 5) is 19.5. The van der Waals surface area contributed by atoms with Gasteiger partial charge in [0.15, 0.2) is 0 Å². The first-order valence-corrected chi connectivity index (χ1v) is 7.10. The second kappa shape index (κ2) is 6.54. The van der Waals surface area contributed by atoms with Gasteiger partial charge in [-0.1, -0.05) is 13.8 Å². The van der Waals surface area contributed by atoms with E-state index in [0.29, 0.717) is 18.2 Å². The number of anilines is 2. The number of hydrogen-bond acceptors (Lipinski definition) is 5. The van der Waals surface area contributed by atoms with Gasteiger partial charge in [0.2, 0.25) is 0 Å². The van der Waals surface area contributed by atoms with Gasteiger partial charge < -0.3 is 15.7 Å². The average Bonchev–Trinajstić information content (AvgIpc) is 3.19. The third kappa shape index (κ3) is 4.68. The fourth-order valence-electron chi connectivity index (χ4n) is 1.98. The predicted molar refractivity (Wildman–Crippen MR) is 77.7 cm³/mol. The van der Waals surface area contributed by atoms with Gasteiger partial charge in [0.05, 0.1) is 0 Å². The minimum atomic E-state index is -0.857. The van der Waals surface area contributed by atoms with Gasteiger partial charge >= 0.3 is 5.97 Å².